The summed E-state index contributed by atoms with van der Waals surface area (Å²) in [6, 6.07) is 9.39. The van der Waals surface area contributed by atoms with Gasteiger partial charge in [0.2, 0.25) is 17.7 Å². The Balaban J connectivity index is 1.18. The van der Waals surface area contributed by atoms with Crippen LogP contribution in [0.25, 0.3) is 11.2 Å². The number of nitrogens with zero attached hydrogens (tertiary/aromatic N) is 4. The third-order valence-electron chi connectivity index (χ3n) is 8.21. The highest BCUT2D eigenvalue weighted by molar-refractivity contribution is 7.99. The maximum Gasteiger partial charge on any atom is 0.481 e. The number of aliphatic hydroxyl groups excluding tert-OH is 2. The van der Waals surface area contributed by atoms with Crippen LogP contribution >= 0.6 is 35.2 Å². The molecule has 3 aromatic rings. The van der Waals surface area contributed by atoms with Gasteiger partial charge in [0.25, 0.3) is 0 Å². The zero-order valence-electron chi connectivity index (χ0n) is 31.4. The first kappa shape index (κ1) is 48.2. The number of aliphatic hydroxyl groups is 2. The van der Waals surface area contributed by atoms with Crippen LogP contribution in [-0.4, -0.2) is 129 Å². The number of aromatic nitrogens is 4. The van der Waals surface area contributed by atoms with E-state index >= 15 is 0 Å². The van der Waals surface area contributed by atoms with Gasteiger partial charge in [-0.1, -0.05) is 44.2 Å². The second-order valence-corrected chi connectivity index (χ2v) is 18.7. The van der Waals surface area contributed by atoms with E-state index in [-0.39, 0.29) is 48.2 Å². The van der Waals surface area contributed by atoms with E-state index in [1.54, 1.807) is 0 Å². The van der Waals surface area contributed by atoms with E-state index in [9.17, 15) is 57.9 Å². The number of anilines is 1. The number of nitrogens with two attached hydrogens (primary N) is 1. The Bertz CT molecular complexity index is 2060. The van der Waals surface area contributed by atoms with Crippen LogP contribution in [0.15, 0.2) is 43.0 Å². The van der Waals surface area contributed by atoms with E-state index in [0.717, 1.165) is 22.8 Å². The Labute approximate surface area is 340 Å². The normalized spacial score (nSPS) is 21.0. The minimum atomic E-state index is -5.57. The summed E-state index contributed by atoms with van der Waals surface area (Å²) in [6.45, 7) is 0.954. The smallest absolute Gasteiger partial charge is 0.386 e. The average molecular weight is 915 g/mol. The molecule has 29 heteroatoms. The molecule has 0 aliphatic carbocycles. The average Bonchev–Trinajstić information content (AvgIpc) is 3.72. The zero-order valence-corrected chi connectivity index (χ0v) is 34.9. The van der Waals surface area contributed by atoms with Crippen molar-refractivity contribution in [1.82, 2.24) is 35.5 Å². The number of nitrogen functional groups attached to an aromatic ring is 1. The van der Waals surface area contributed by atoms with Gasteiger partial charge in [-0.15, -0.1) is 0 Å². The molecular formula is C30H45N8O17P3S. The molecule has 0 saturated carbocycles. The lowest BCUT2D eigenvalue weighted by Crippen LogP contribution is -2.46. The lowest BCUT2D eigenvalue weighted by Gasteiger charge is -2.30. The molecule has 3 heterocycles. The molecule has 25 nitrogen and oxygen atoms in total. The summed E-state index contributed by atoms with van der Waals surface area (Å²) < 4.78 is 62.2. The minimum absolute atomic E-state index is 0.0296. The molecule has 0 spiro atoms. The summed E-state index contributed by atoms with van der Waals surface area (Å²) in [7, 11) is -16.4. The van der Waals surface area contributed by atoms with Crippen molar-refractivity contribution >= 4 is 69.9 Å². The number of thioether (sulfide) groups is 1. The van der Waals surface area contributed by atoms with Crippen LogP contribution < -0.4 is 21.7 Å². The van der Waals surface area contributed by atoms with Crippen LogP contribution in [0.1, 0.15) is 32.1 Å². The van der Waals surface area contributed by atoms with Crippen molar-refractivity contribution in [2.45, 2.75) is 57.5 Å². The quantitative estimate of drug-likeness (QED) is 0.0421. The molecule has 11 N–H and O–H groups in total. The van der Waals surface area contributed by atoms with Gasteiger partial charge in [-0.05, 0) is 5.56 Å². The molecule has 4 rings (SSSR count). The minimum Gasteiger partial charge on any atom is -0.386 e. The number of phosphoric ester groups is 3. The Morgan fingerprint density at radius 3 is 2.37 bits per heavy atom. The van der Waals surface area contributed by atoms with Crippen LogP contribution in [0.5, 0.6) is 0 Å². The number of benzene rings is 1. The van der Waals surface area contributed by atoms with E-state index in [2.05, 4.69) is 39.7 Å². The lowest BCUT2D eigenvalue weighted by atomic mass is 9.87. The van der Waals surface area contributed by atoms with Crippen LogP contribution in [-0.2, 0) is 57.2 Å². The van der Waals surface area contributed by atoms with Crippen molar-refractivity contribution in [3.8, 4) is 0 Å². The van der Waals surface area contributed by atoms with Crippen LogP contribution in [0.4, 0.5) is 5.82 Å². The highest BCUT2D eigenvalue weighted by Crippen LogP contribution is 2.61. The second-order valence-electron chi connectivity index (χ2n) is 13.4. The van der Waals surface area contributed by atoms with Crippen molar-refractivity contribution in [2.24, 2.45) is 5.41 Å². The van der Waals surface area contributed by atoms with E-state index in [1.807, 2.05) is 30.3 Å². The van der Waals surface area contributed by atoms with Crippen molar-refractivity contribution in [1.29, 1.82) is 0 Å². The molecule has 1 saturated heterocycles. The molecular weight excluding hydrogens is 869 g/mol. The number of hydrogen-bond acceptors (Lipinski definition) is 18. The Kier molecular flexibility index (Phi) is 17.1. The van der Waals surface area contributed by atoms with Gasteiger partial charge in [-0.2, -0.15) is 16.1 Å². The van der Waals surface area contributed by atoms with Gasteiger partial charge in [-0.25, -0.2) is 28.6 Å². The topological polar surface area (TPSA) is 376 Å². The first-order chi connectivity index (χ1) is 27.6. The van der Waals surface area contributed by atoms with Gasteiger partial charge < -0.3 is 56.2 Å². The highest BCUT2D eigenvalue weighted by atomic mass is 32.2. The number of phosphoric acid groups is 3. The standard InChI is InChI=1S/C30H45N8O17P3S/c1-30(2,25(42)28(43)33-9-8-20(39)32-10-11-59-14-21(40)34-12-18-6-4-3-5-7-18)15-52-58(49,50)55-57(47,48)51-13-19-24(54-56(44,45)46)23(41)29(53-19)38-17-37-22-26(31)35-16-36-27(22)38/h3-7,16-17,19,23-25,29,41-42H,8-15H2,1-2H3,(H,32,39)(H,33,43)(H,34,40)(H,47,48)(H,49,50)(H2,31,35,36)(H2,44,45,46)/t19-,23-,24-,25+,29-/m1/s1. The summed E-state index contributed by atoms with van der Waals surface area (Å²) in [5, 5.41) is 29.3. The maximum absolute atomic E-state index is 12.7. The number of ether oxygens (including phenoxy) is 1. The van der Waals surface area contributed by atoms with Crippen molar-refractivity contribution in [2.75, 3.05) is 43.5 Å². The number of hydrogen-bond donors (Lipinski definition) is 10. The number of fused-ring (bicyclic) bond motifs is 1. The van der Waals surface area contributed by atoms with Crippen LogP contribution in [0.2, 0.25) is 0 Å². The van der Waals surface area contributed by atoms with Crippen molar-refractivity contribution in [3.05, 3.63) is 48.5 Å². The predicted molar refractivity (Wildman–Crippen MR) is 205 cm³/mol. The molecule has 1 aliphatic rings. The maximum atomic E-state index is 12.7. The number of carbonyl (C=O) groups excluding carboxylic acids is 3. The molecule has 1 fully saturated rings. The van der Waals surface area contributed by atoms with E-state index < -0.39 is 84.6 Å². The first-order valence-electron chi connectivity index (χ1n) is 17.3. The monoisotopic (exact) mass is 914 g/mol. The number of nitrogens with one attached hydrogen (secondary N) is 3. The predicted octanol–water partition coefficient (Wildman–Crippen LogP) is -0.545. The lowest BCUT2D eigenvalue weighted by molar-refractivity contribution is -0.137. The number of imidazole rings is 1. The van der Waals surface area contributed by atoms with Crippen molar-refractivity contribution in [3.63, 3.8) is 0 Å². The van der Waals surface area contributed by atoms with Gasteiger partial charge in [0.15, 0.2) is 17.7 Å². The molecule has 2 aromatic heterocycles. The molecule has 2 unspecified atom stereocenters. The summed E-state index contributed by atoms with van der Waals surface area (Å²) in [6.07, 6.45) is -6.91. The van der Waals surface area contributed by atoms with E-state index in [1.165, 1.54) is 25.6 Å². The van der Waals surface area contributed by atoms with Crippen molar-refractivity contribution < 1.29 is 80.5 Å². The van der Waals surface area contributed by atoms with Crippen LogP contribution in [0.3, 0.4) is 0 Å². The molecule has 1 aromatic carbocycles. The summed E-state index contributed by atoms with van der Waals surface area (Å²) in [4.78, 5) is 87.8. The zero-order chi connectivity index (χ0) is 43.6. The first-order valence-corrected chi connectivity index (χ1v) is 23.0. The highest BCUT2D eigenvalue weighted by Gasteiger charge is 2.50. The van der Waals surface area contributed by atoms with Gasteiger partial charge in [0.05, 0.1) is 25.3 Å². The summed E-state index contributed by atoms with van der Waals surface area (Å²) in [5.41, 5.74) is 5.23. The Morgan fingerprint density at radius 2 is 1.68 bits per heavy atom. The number of rotatable bonds is 23. The molecule has 3 amide bonds. The fourth-order valence-electron chi connectivity index (χ4n) is 5.21. The van der Waals surface area contributed by atoms with Gasteiger partial charge in [0, 0.05) is 37.2 Å². The largest absolute Gasteiger partial charge is 0.481 e. The molecule has 328 valence electrons. The molecule has 1 aliphatic heterocycles. The van der Waals surface area contributed by atoms with Gasteiger partial charge in [0.1, 0.15) is 36.3 Å². The van der Waals surface area contributed by atoms with Crippen LogP contribution in [0, 0.1) is 5.41 Å². The van der Waals surface area contributed by atoms with Gasteiger partial charge >= 0.3 is 23.5 Å². The third-order valence-corrected chi connectivity index (χ3v) is 12.3. The second kappa shape index (κ2) is 20.9. The Morgan fingerprint density at radius 1 is 0.983 bits per heavy atom. The molecule has 0 radical (unpaired) electrons. The molecule has 0 bridgehead atoms. The fraction of sp³-hybridized carbons (Fsp3) is 0.533. The summed E-state index contributed by atoms with van der Waals surface area (Å²) in [5.74, 6) is -0.943. The van der Waals surface area contributed by atoms with Gasteiger partial charge in [-0.3, -0.25) is 32.5 Å². The SMILES string of the molecule is CC(C)(COP(=O)(O)OP(=O)(O)OC[C@H]1O[C@@H](n2cnc3c(N)ncnc32)[C@H](O)[C@@H]1OP(=O)(O)O)[C@@H](O)C(=O)NCCC(=O)NCCSCC(=O)NCc1ccccc1. The fourth-order valence-corrected chi connectivity index (χ4v) is 8.72. The Hall–Kier alpha value is -3.42. The van der Waals surface area contributed by atoms with E-state index in [4.69, 9.17) is 19.5 Å². The van der Waals surface area contributed by atoms with E-state index in [0.29, 0.717) is 12.3 Å². The molecule has 7 atom stereocenters. The molecule has 59 heavy (non-hydrogen) atoms. The number of carbonyl (C=O) groups is 3. The third kappa shape index (κ3) is 14.9. The number of amides is 3. The summed E-state index contributed by atoms with van der Waals surface area (Å²) >= 11 is 1.32.